The summed E-state index contributed by atoms with van der Waals surface area (Å²) >= 11 is 0. The van der Waals surface area contributed by atoms with Crippen LogP contribution in [-0.2, 0) is 0 Å². The van der Waals surface area contributed by atoms with Crippen LogP contribution in [0, 0.1) is 11.8 Å². The van der Waals surface area contributed by atoms with Crippen LogP contribution in [0.3, 0.4) is 0 Å². The van der Waals surface area contributed by atoms with E-state index in [1.54, 1.807) is 0 Å². The smallest absolute Gasteiger partial charge is 0.00955 e. The molecule has 13 heavy (non-hydrogen) atoms. The lowest BCUT2D eigenvalue weighted by Gasteiger charge is -2.33. The van der Waals surface area contributed by atoms with Crippen LogP contribution in [0.25, 0.3) is 0 Å². The second-order valence-corrected chi connectivity index (χ2v) is 5.30. The van der Waals surface area contributed by atoms with E-state index in [0.717, 1.165) is 17.9 Å². The Morgan fingerprint density at radius 3 is 2.08 bits per heavy atom. The van der Waals surface area contributed by atoms with Gasteiger partial charge in [0.25, 0.3) is 0 Å². The van der Waals surface area contributed by atoms with E-state index >= 15 is 0 Å². The van der Waals surface area contributed by atoms with Gasteiger partial charge in [0.05, 0.1) is 0 Å². The first kappa shape index (κ1) is 9.51. The van der Waals surface area contributed by atoms with Crippen LogP contribution in [0.1, 0.15) is 46.0 Å². The molecule has 0 aromatic rings. The predicted molar refractivity (Wildman–Crippen MR) is 56.8 cm³/mol. The van der Waals surface area contributed by atoms with Crippen molar-refractivity contribution in [2.45, 2.75) is 52.0 Å². The zero-order valence-corrected chi connectivity index (χ0v) is 9.13. The Morgan fingerprint density at radius 2 is 1.54 bits per heavy atom. The van der Waals surface area contributed by atoms with E-state index in [4.69, 9.17) is 0 Å². The van der Waals surface area contributed by atoms with Crippen LogP contribution in [0.5, 0.6) is 0 Å². The van der Waals surface area contributed by atoms with Crippen molar-refractivity contribution in [2.75, 3.05) is 13.1 Å². The summed E-state index contributed by atoms with van der Waals surface area (Å²) < 4.78 is 0. The highest BCUT2D eigenvalue weighted by Crippen LogP contribution is 2.30. The summed E-state index contributed by atoms with van der Waals surface area (Å²) in [7, 11) is 0. The van der Waals surface area contributed by atoms with Crippen LogP contribution in [0.15, 0.2) is 0 Å². The highest BCUT2D eigenvalue weighted by molar-refractivity contribution is 4.83. The van der Waals surface area contributed by atoms with Crippen molar-refractivity contribution in [3.05, 3.63) is 0 Å². The molecule has 1 atom stereocenters. The van der Waals surface area contributed by atoms with E-state index in [1.165, 1.54) is 45.2 Å². The fourth-order valence-corrected chi connectivity index (χ4v) is 2.91. The average Bonchev–Trinajstić information content (AvgIpc) is 2.53. The van der Waals surface area contributed by atoms with Gasteiger partial charge < -0.3 is 4.90 Å². The molecule has 0 aromatic heterocycles. The third kappa shape index (κ3) is 2.25. The van der Waals surface area contributed by atoms with E-state index in [1.807, 2.05) is 0 Å². The maximum Gasteiger partial charge on any atom is 0.00955 e. The minimum atomic E-state index is 0.946. The van der Waals surface area contributed by atoms with Crippen LogP contribution < -0.4 is 0 Å². The summed E-state index contributed by atoms with van der Waals surface area (Å²) in [6.07, 6.45) is 7.30. The number of likely N-dealkylation sites (tertiary alicyclic amines) is 1. The third-order valence-corrected chi connectivity index (χ3v) is 3.96. The van der Waals surface area contributed by atoms with E-state index in [0.29, 0.717) is 0 Å². The van der Waals surface area contributed by atoms with Gasteiger partial charge in [0.2, 0.25) is 0 Å². The monoisotopic (exact) mass is 181 g/mol. The molecule has 2 fully saturated rings. The zero-order chi connectivity index (χ0) is 9.26. The summed E-state index contributed by atoms with van der Waals surface area (Å²) in [4.78, 5) is 2.75. The topological polar surface area (TPSA) is 3.24 Å². The van der Waals surface area contributed by atoms with Crippen molar-refractivity contribution in [2.24, 2.45) is 11.8 Å². The Bertz CT molecular complexity index is 159. The van der Waals surface area contributed by atoms with Crippen LogP contribution in [0.4, 0.5) is 0 Å². The molecule has 1 heterocycles. The molecule has 0 bridgehead atoms. The van der Waals surface area contributed by atoms with Crippen LogP contribution in [-0.4, -0.2) is 24.0 Å². The van der Waals surface area contributed by atoms with Crippen LogP contribution >= 0.6 is 0 Å². The Kier molecular flexibility index (Phi) is 2.92. The van der Waals surface area contributed by atoms with Gasteiger partial charge in [-0.15, -0.1) is 0 Å². The summed E-state index contributed by atoms with van der Waals surface area (Å²) in [6, 6.07) is 0.946. The maximum atomic E-state index is 2.75. The van der Waals surface area contributed by atoms with Gasteiger partial charge in [0, 0.05) is 12.6 Å². The van der Waals surface area contributed by atoms with Gasteiger partial charge in [-0.1, -0.05) is 13.8 Å². The Hall–Kier alpha value is -0.0400. The minimum absolute atomic E-state index is 0.946. The van der Waals surface area contributed by atoms with Gasteiger partial charge in [-0.2, -0.15) is 0 Å². The maximum absolute atomic E-state index is 2.75. The molecule has 1 aliphatic carbocycles. The van der Waals surface area contributed by atoms with Crippen molar-refractivity contribution in [3.63, 3.8) is 0 Å². The van der Waals surface area contributed by atoms with Crippen molar-refractivity contribution in [1.82, 2.24) is 4.90 Å². The van der Waals surface area contributed by atoms with Gasteiger partial charge in [-0.25, -0.2) is 0 Å². The van der Waals surface area contributed by atoms with Crippen molar-refractivity contribution < 1.29 is 0 Å². The summed E-state index contributed by atoms with van der Waals surface area (Å²) in [5, 5.41) is 0. The summed E-state index contributed by atoms with van der Waals surface area (Å²) in [5.74, 6) is 1.95. The summed E-state index contributed by atoms with van der Waals surface area (Å²) in [5.41, 5.74) is 0. The van der Waals surface area contributed by atoms with E-state index in [9.17, 15) is 0 Å². The minimum Gasteiger partial charge on any atom is -0.300 e. The van der Waals surface area contributed by atoms with E-state index in [-0.39, 0.29) is 0 Å². The van der Waals surface area contributed by atoms with E-state index in [2.05, 4.69) is 18.7 Å². The molecule has 1 saturated carbocycles. The largest absolute Gasteiger partial charge is 0.300 e. The van der Waals surface area contributed by atoms with E-state index < -0.39 is 0 Å². The lowest BCUT2D eigenvalue weighted by atomic mass is 9.87. The molecule has 2 rings (SSSR count). The van der Waals surface area contributed by atoms with Gasteiger partial charge in [-0.3, -0.25) is 0 Å². The van der Waals surface area contributed by atoms with Crippen LogP contribution in [0.2, 0.25) is 0 Å². The highest BCUT2D eigenvalue weighted by Gasteiger charge is 2.28. The molecular formula is C12H23N. The Morgan fingerprint density at radius 1 is 0.846 bits per heavy atom. The molecule has 2 aliphatic rings. The fraction of sp³-hybridized carbons (Fsp3) is 1.00. The predicted octanol–water partition coefficient (Wildman–Crippen LogP) is 2.91. The molecular weight excluding hydrogens is 158 g/mol. The number of rotatable bonds is 1. The number of nitrogens with zero attached hydrogens (tertiary/aromatic N) is 1. The van der Waals surface area contributed by atoms with Crippen molar-refractivity contribution >= 4 is 0 Å². The number of hydrogen-bond acceptors (Lipinski definition) is 1. The zero-order valence-electron chi connectivity index (χ0n) is 9.13. The molecule has 0 N–H and O–H groups in total. The second-order valence-electron chi connectivity index (χ2n) is 5.30. The molecule has 0 spiro atoms. The molecule has 76 valence electrons. The molecule has 1 saturated heterocycles. The van der Waals surface area contributed by atoms with Gasteiger partial charge in [0.15, 0.2) is 0 Å². The molecule has 1 aliphatic heterocycles. The molecule has 1 unspecified atom stereocenters. The molecule has 0 aromatic carbocycles. The first-order valence-corrected chi connectivity index (χ1v) is 5.99. The molecule has 1 nitrogen and oxygen atoms in total. The van der Waals surface area contributed by atoms with Crippen molar-refractivity contribution in [1.29, 1.82) is 0 Å². The fourth-order valence-electron chi connectivity index (χ4n) is 2.91. The highest BCUT2D eigenvalue weighted by atomic mass is 15.2. The second kappa shape index (κ2) is 4.00. The normalized spacial score (nSPS) is 42.5. The Labute approximate surface area is 82.5 Å². The molecule has 1 heteroatoms. The molecule has 0 amide bonds. The third-order valence-electron chi connectivity index (χ3n) is 3.96. The first-order chi connectivity index (χ1) is 6.25. The average molecular weight is 181 g/mol. The lowest BCUT2D eigenvalue weighted by Crippen LogP contribution is -2.36. The first-order valence-electron chi connectivity index (χ1n) is 5.99. The lowest BCUT2D eigenvalue weighted by molar-refractivity contribution is 0.165. The quantitative estimate of drug-likeness (QED) is 0.601. The van der Waals surface area contributed by atoms with Crippen molar-refractivity contribution in [3.8, 4) is 0 Å². The number of hydrogen-bond donors (Lipinski definition) is 0. The van der Waals surface area contributed by atoms with Gasteiger partial charge in [0.1, 0.15) is 0 Å². The van der Waals surface area contributed by atoms with Gasteiger partial charge >= 0.3 is 0 Å². The standard InChI is InChI=1S/C12H23N/c1-10-3-5-12(6-4-10)13-8-7-11(2)9-13/h10-12H,3-9H2,1-2H3. The Balaban J connectivity index is 1.81. The van der Waals surface area contributed by atoms with Gasteiger partial charge in [-0.05, 0) is 50.5 Å². The summed E-state index contributed by atoms with van der Waals surface area (Å²) in [6.45, 7) is 7.55. The SMILES string of the molecule is CC1CCC(N2CCC(C)C2)CC1. The molecule has 0 radical (unpaired) electrons.